The van der Waals surface area contributed by atoms with Gasteiger partial charge in [0, 0.05) is 24.0 Å². The van der Waals surface area contributed by atoms with Crippen molar-refractivity contribution in [1.82, 2.24) is 9.55 Å². The third-order valence-corrected chi connectivity index (χ3v) is 6.42. The maximum atomic E-state index is 12.2. The van der Waals surface area contributed by atoms with E-state index in [1.165, 1.54) is 27.0 Å². The van der Waals surface area contributed by atoms with Crippen LogP contribution in [0.25, 0.3) is 0 Å². The molecule has 1 aliphatic heterocycles. The SMILES string of the molecule is Cc1cn(C2CC(OP(=O)(O)C(C)C)C(/C=C/P(=O)(O)O)O2)c(=O)[nH]c1=O. The largest absolute Gasteiger partial charge is 0.348 e. The molecule has 0 bridgehead atoms. The van der Waals surface area contributed by atoms with Crippen LogP contribution in [0.4, 0.5) is 0 Å². The van der Waals surface area contributed by atoms with Crippen molar-refractivity contribution in [2.75, 3.05) is 0 Å². The molecule has 0 amide bonds. The first-order valence-corrected chi connectivity index (χ1v) is 11.4. The first-order chi connectivity index (χ1) is 12.3. The predicted molar refractivity (Wildman–Crippen MR) is 95.6 cm³/mol. The molecule has 1 aromatic heterocycles. The topological polar surface area (TPSA) is 168 Å². The third kappa shape index (κ3) is 5.58. The Balaban J connectivity index is 2.36. The summed E-state index contributed by atoms with van der Waals surface area (Å²) in [5.74, 6) is 0.606. The second-order valence-corrected chi connectivity index (χ2v) is 10.4. The van der Waals surface area contributed by atoms with Crippen molar-refractivity contribution < 1.29 is 33.1 Å². The number of ether oxygens (including phenoxy) is 1. The third-order valence-electron chi connectivity index (χ3n) is 3.98. The summed E-state index contributed by atoms with van der Waals surface area (Å²) in [7, 11) is -8.51. The molecule has 4 N–H and O–H groups in total. The molecule has 1 fully saturated rings. The Labute approximate surface area is 154 Å². The van der Waals surface area contributed by atoms with E-state index >= 15 is 0 Å². The summed E-state index contributed by atoms with van der Waals surface area (Å²) < 4.78 is 35.3. The van der Waals surface area contributed by atoms with Gasteiger partial charge in [-0.3, -0.25) is 23.5 Å². The molecule has 0 saturated carbocycles. The number of rotatable bonds is 6. The van der Waals surface area contributed by atoms with Gasteiger partial charge in [0.2, 0.25) is 0 Å². The van der Waals surface area contributed by atoms with Crippen LogP contribution in [0.15, 0.2) is 27.7 Å². The van der Waals surface area contributed by atoms with Crippen LogP contribution >= 0.6 is 15.2 Å². The second kappa shape index (κ2) is 7.97. The zero-order valence-corrected chi connectivity index (χ0v) is 16.7. The van der Waals surface area contributed by atoms with Crippen molar-refractivity contribution in [2.45, 2.75) is 51.3 Å². The molecule has 152 valence electrons. The quantitative estimate of drug-likeness (QED) is 0.483. The van der Waals surface area contributed by atoms with Crippen LogP contribution in [0.3, 0.4) is 0 Å². The van der Waals surface area contributed by atoms with Gasteiger partial charge < -0.3 is 23.9 Å². The highest BCUT2D eigenvalue weighted by molar-refractivity contribution is 7.55. The van der Waals surface area contributed by atoms with Crippen LogP contribution in [-0.2, 0) is 18.4 Å². The van der Waals surface area contributed by atoms with Crippen molar-refractivity contribution in [2.24, 2.45) is 0 Å². The number of aromatic nitrogens is 2. The number of nitrogens with one attached hydrogen (secondary N) is 1. The number of H-pyrrole nitrogens is 1. The monoisotopic (exact) mass is 424 g/mol. The zero-order chi connectivity index (χ0) is 20.6. The number of aryl methyl sites for hydroxylation is 1. The van der Waals surface area contributed by atoms with E-state index in [2.05, 4.69) is 4.98 Å². The fourth-order valence-corrected chi connectivity index (χ4v) is 3.65. The van der Waals surface area contributed by atoms with E-state index in [1.54, 1.807) is 0 Å². The predicted octanol–water partition coefficient (Wildman–Crippen LogP) is 0.803. The number of nitrogens with zero attached hydrogens (tertiary/aromatic N) is 1. The Morgan fingerprint density at radius 2 is 1.96 bits per heavy atom. The molecule has 0 radical (unpaired) electrons. The molecule has 27 heavy (non-hydrogen) atoms. The van der Waals surface area contributed by atoms with E-state index in [0.717, 1.165) is 10.6 Å². The van der Waals surface area contributed by atoms with E-state index in [-0.39, 0.29) is 12.0 Å². The van der Waals surface area contributed by atoms with E-state index in [4.69, 9.17) is 19.0 Å². The van der Waals surface area contributed by atoms with Gasteiger partial charge in [-0.05, 0) is 13.0 Å². The first kappa shape index (κ1) is 22.0. The van der Waals surface area contributed by atoms with Gasteiger partial charge in [-0.15, -0.1) is 0 Å². The fraction of sp³-hybridized carbons (Fsp3) is 0.571. The van der Waals surface area contributed by atoms with Crippen LogP contribution in [0.1, 0.15) is 32.1 Å². The first-order valence-electron chi connectivity index (χ1n) is 8.03. The lowest BCUT2D eigenvalue weighted by atomic mass is 10.2. The fourth-order valence-electron chi connectivity index (χ4n) is 2.42. The number of hydrogen-bond acceptors (Lipinski definition) is 6. The molecular formula is C14H22N2O9P2. The molecule has 1 aliphatic rings. The van der Waals surface area contributed by atoms with E-state index < -0.39 is 50.5 Å². The van der Waals surface area contributed by atoms with Gasteiger partial charge in [-0.1, -0.05) is 13.8 Å². The van der Waals surface area contributed by atoms with Crippen LogP contribution < -0.4 is 11.2 Å². The van der Waals surface area contributed by atoms with E-state index in [9.17, 15) is 23.6 Å². The molecule has 1 saturated heterocycles. The summed E-state index contributed by atoms with van der Waals surface area (Å²) in [6, 6.07) is 0. The Bertz CT molecular complexity index is 929. The molecule has 1 aromatic rings. The lowest BCUT2D eigenvalue weighted by Crippen LogP contribution is -2.33. The highest BCUT2D eigenvalue weighted by Crippen LogP contribution is 2.51. The summed E-state index contributed by atoms with van der Waals surface area (Å²) in [6.07, 6.45) is -0.805. The Kier molecular flexibility index (Phi) is 6.48. The smallest absolute Gasteiger partial charge is 0.348 e. The highest BCUT2D eigenvalue weighted by Gasteiger charge is 2.41. The highest BCUT2D eigenvalue weighted by atomic mass is 31.2. The summed E-state index contributed by atoms with van der Waals surface area (Å²) >= 11 is 0. The molecule has 4 atom stereocenters. The van der Waals surface area contributed by atoms with Crippen LogP contribution in [0, 0.1) is 6.92 Å². The minimum Gasteiger partial charge on any atom is -0.348 e. The van der Waals surface area contributed by atoms with Gasteiger partial charge >= 0.3 is 20.9 Å². The summed E-state index contributed by atoms with van der Waals surface area (Å²) in [5.41, 5.74) is -1.76. The molecule has 0 aromatic carbocycles. The van der Waals surface area contributed by atoms with Crippen molar-refractivity contribution in [3.05, 3.63) is 44.5 Å². The molecule has 13 heteroatoms. The standard InChI is InChI=1S/C14H22N2O9P2/c1-8(2)27(22,23)25-11-6-12(24-10(11)4-5-26(19,20)21)16-7-9(3)13(17)15-14(16)18/h4-5,7-8,10-12H,6H2,1-3H3,(H,22,23)(H,15,17,18)(H2,19,20,21)/b5-4+. The minimum atomic E-state index is -4.49. The average molecular weight is 424 g/mol. The van der Waals surface area contributed by atoms with Crippen LogP contribution in [-0.4, -0.2) is 42.1 Å². The van der Waals surface area contributed by atoms with E-state index in [1.807, 2.05) is 0 Å². The molecule has 2 rings (SSSR count). The Morgan fingerprint density at radius 3 is 2.52 bits per heavy atom. The maximum Gasteiger partial charge on any atom is 0.348 e. The maximum absolute atomic E-state index is 12.2. The normalized spacial score (nSPS) is 26.0. The van der Waals surface area contributed by atoms with Gasteiger partial charge in [-0.2, -0.15) is 0 Å². The van der Waals surface area contributed by atoms with Gasteiger partial charge in [-0.25, -0.2) is 4.79 Å². The van der Waals surface area contributed by atoms with Crippen molar-refractivity contribution in [3.63, 3.8) is 0 Å². The lowest BCUT2D eigenvalue weighted by molar-refractivity contribution is 0.00658. The van der Waals surface area contributed by atoms with Gasteiger partial charge in [0.25, 0.3) is 5.56 Å². The molecule has 11 nitrogen and oxygen atoms in total. The van der Waals surface area contributed by atoms with E-state index in [0.29, 0.717) is 5.82 Å². The Hall–Kier alpha value is -1.32. The van der Waals surface area contributed by atoms with Crippen molar-refractivity contribution in [3.8, 4) is 0 Å². The van der Waals surface area contributed by atoms with Crippen molar-refractivity contribution >= 4 is 15.2 Å². The summed E-state index contributed by atoms with van der Waals surface area (Å²) in [6.45, 7) is 4.47. The molecule has 0 spiro atoms. The average Bonchev–Trinajstić information content (AvgIpc) is 2.90. The Morgan fingerprint density at radius 1 is 1.33 bits per heavy atom. The summed E-state index contributed by atoms with van der Waals surface area (Å²) in [5, 5.41) is 0. The zero-order valence-electron chi connectivity index (χ0n) is 14.9. The minimum absolute atomic E-state index is 0.0428. The van der Waals surface area contributed by atoms with Crippen LogP contribution in [0.5, 0.6) is 0 Å². The van der Waals surface area contributed by atoms with Gasteiger partial charge in [0.1, 0.15) is 18.4 Å². The second-order valence-electron chi connectivity index (χ2n) is 6.50. The molecule has 2 heterocycles. The lowest BCUT2D eigenvalue weighted by Gasteiger charge is -2.22. The molecule has 0 aliphatic carbocycles. The number of hydrogen-bond donors (Lipinski definition) is 4. The molecular weight excluding hydrogens is 402 g/mol. The van der Waals surface area contributed by atoms with Gasteiger partial charge in [0.15, 0.2) is 0 Å². The van der Waals surface area contributed by atoms with Crippen LogP contribution in [0.2, 0.25) is 0 Å². The summed E-state index contributed by atoms with van der Waals surface area (Å²) in [4.78, 5) is 53.7. The van der Waals surface area contributed by atoms with Gasteiger partial charge in [0.05, 0.1) is 5.66 Å². The van der Waals surface area contributed by atoms with Crippen molar-refractivity contribution in [1.29, 1.82) is 0 Å². The molecule has 4 unspecified atom stereocenters. The number of aromatic amines is 1.